The van der Waals surface area contributed by atoms with E-state index >= 15 is 0 Å². The third kappa shape index (κ3) is 3.87. The number of pyridine rings is 1. The van der Waals surface area contributed by atoms with Crippen LogP contribution < -0.4 is 23.8 Å². The molecule has 0 spiro atoms. The quantitative estimate of drug-likeness (QED) is 0.218. The molecule has 5 heteroatoms. The number of ether oxygens (including phenoxy) is 2. The maximum atomic E-state index is 6.07. The Labute approximate surface area is 212 Å². The number of anilines is 2. The van der Waals surface area contributed by atoms with Crippen LogP contribution in [0.1, 0.15) is 0 Å². The number of nitrogens with zero attached hydrogens (tertiary/aromatic N) is 3. The van der Waals surface area contributed by atoms with Crippen molar-refractivity contribution < 1.29 is 14.0 Å². The minimum Gasteiger partial charge on any atom is -0.496 e. The number of hydrogen-bond donors (Lipinski definition) is 0. The highest BCUT2D eigenvalue weighted by atomic mass is 16.5. The van der Waals surface area contributed by atoms with Crippen molar-refractivity contribution in [1.29, 1.82) is 0 Å². The summed E-state index contributed by atoms with van der Waals surface area (Å²) >= 11 is 0. The van der Waals surface area contributed by atoms with Crippen LogP contribution in [-0.4, -0.2) is 42.4 Å². The van der Waals surface area contributed by atoms with Gasteiger partial charge in [-0.2, -0.15) is 4.57 Å². The van der Waals surface area contributed by atoms with Crippen molar-refractivity contribution in [2.75, 3.05) is 52.2 Å². The van der Waals surface area contributed by atoms with E-state index < -0.39 is 0 Å². The Morgan fingerprint density at radius 2 is 1.03 bits per heavy atom. The second kappa shape index (κ2) is 9.42. The van der Waals surface area contributed by atoms with E-state index in [0.29, 0.717) is 0 Å². The number of benzene rings is 4. The number of rotatable bonds is 6. The average molecular weight is 479 g/mol. The number of para-hydroxylation sites is 1. The zero-order chi connectivity index (χ0) is 25.4. The molecule has 1 aromatic heterocycles. The molecule has 0 aliphatic carbocycles. The first-order valence-electron chi connectivity index (χ1n) is 12.0. The maximum Gasteiger partial charge on any atom is 0.225 e. The summed E-state index contributed by atoms with van der Waals surface area (Å²) in [7, 11) is 11.7. The van der Waals surface area contributed by atoms with Crippen molar-refractivity contribution in [2.45, 2.75) is 0 Å². The molecule has 0 fully saturated rings. The molecule has 0 saturated carbocycles. The molecule has 0 radical (unpaired) electrons. The molecule has 5 aromatic rings. The highest BCUT2D eigenvalue weighted by Crippen LogP contribution is 2.45. The van der Waals surface area contributed by atoms with E-state index in [1.54, 1.807) is 14.2 Å². The van der Waals surface area contributed by atoms with E-state index in [2.05, 4.69) is 115 Å². The van der Waals surface area contributed by atoms with Gasteiger partial charge in [0.05, 0.1) is 25.0 Å². The zero-order valence-corrected chi connectivity index (χ0v) is 21.7. The fraction of sp³-hybridized carbons (Fsp3) is 0.194. The Morgan fingerprint density at radius 1 is 0.583 bits per heavy atom. The molecule has 0 N–H and O–H groups in total. The van der Waals surface area contributed by atoms with E-state index in [1.165, 1.54) is 0 Å². The van der Waals surface area contributed by atoms with Gasteiger partial charge in [-0.3, -0.25) is 0 Å². The van der Waals surface area contributed by atoms with Gasteiger partial charge in [-0.15, -0.1) is 0 Å². The molecular weight excluding hydrogens is 446 g/mol. The molecule has 36 heavy (non-hydrogen) atoms. The van der Waals surface area contributed by atoms with E-state index in [9.17, 15) is 0 Å². The van der Waals surface area contributed by atoms with Gasteiger partial charge in [0.15, 0.2) is 0 Å². The molecule has 0 bridgehead atoms. The van der Waals surface area contributed by atoms with Gasteiger partial charge in [0.2, 0.25) is 16.7 Å². The SMILES string of the molecule is COc1cc(N(C)C)cc2c1c(-c1ccccc1)c1c(OC)cc(N(C)C)cc1[n+]2-c1ccccc1. The number of fused-ring (bicyclic) bond motifs is 2. The highest BCUT2D eigenvalue weighted by Gasteiger charge is 2.29. The summed E-state index contributed by atoms with van der Waals surface area (Å²) in [6.45, 7) is 0. The van der Waals surface area contributed by atoms with Crippen molar-refractivity contribution in [3.8, 4) is 28.3 Å². The van der Waals surface area contributed by atoms with Gasteiger partial charge >= 0.3 is 0 Å². The van der Waals surface area contributed by atoms with Gasteiger partial charge in [0, 0.05) is 81.5 Å². The first-order chi connectivity index (χ1) is 17.4. The maximum absolute atomic E-state index is 6.07. The summed E-state index contributed by atoms with van der Waals surface area (Å²) in [6.07, 6.45) is 0. The van der Waals surface area contributed by atoms with Gasteiger partial charge in [-0.1, -0.05) is 48.5 Å². The third-order valence-electron chi connectivity index (χ3n) is 6.66. The lowest BCUT2D eigenvalue weighted by Gasteiger charge is -2.21. The molecule has 0 aliphatic heterocycles. The predicted molar refractivity (Wildman–Crippen MR) is 150 cm³/mol. The van der Waals surface area contributed by atoms with E-state index in [4.69, 9.17) is 9.47 Å². The van der Waals surface area contributed by atoms with Gasteiger partial charge in [-0.05, 0) is 5.56 Å². The smallest absolute Gasteiger partial charge is 0.225 e. The summed E-state index contributed by atoms with van der Waals surface area (Å²) < 4.78 is 14.5. The first-order valence-corrected chi connectivity index (χ1v) is 12.0. The van der Waals surface area contributed by atoms with Crippen LogP contribution in [-0.2, 0) is 0 Å². The number of aromatic nitrogens is 1. The van der Waals surface area contributed by atoms with Crippen LogP contribution in [0, 0.1) is 0 Å². The van der Waals surface area contributed by atoms with Crippen LogP contribution >= 0.6 is 0 Å². The molecule has 182 valence electrons. The molecule has 0 saturated heterocycles. The van der Waals surface area contributed by atoms with Crippen molar-refractivity contribution >= 4 is 33.2 Å². The molecule has 0 amide bonds. The summed E-state index contributed by atoms with van der Waals surface area (Å²) in [5.41, 5.74) is 7.54. The average Bonchev–Trinajstić information content (AvgIpc) is 2.91. The summed E-state index contributed by atoms with van der Waals surface area (Å²) in [5.74, 6) is 1.64. The van der Waals surface area contributed by atoms with Crippen LogP contribution in [0.25, 0.3) is 38.6 Å². The molecule has 0 unspecified atom stereocenters. The number of hydrogen-bond acceptors (Lipinski definition) is 4. The Hall–Kier alpha value is -4.25. The Kier molecular flexibility index (Phi) is 6.15. The van der Waals surface area contributed by atoms with Crippen LogP contribution in [0.4, 0.5) is 11.4 Å². The largest absolute Gasteiger partial charge is 0.496 e. The lowest BCUT2D eigenvalue weighted by atomic mass is 9.93. The highest BCUT2D eigenvalue weighted by molar-refractivity contribution is 6.13. The van der Waals surface area contributed by atoms with Crippen molar-refractivity contribution in [1.82, 2.24) is 0 Å². The normalized spacial score (nSPS) is 11.1. The fourth-order valence-electron chi connectivity index (χ4n) is 4.87. The van der Waals surface area contributed by atoms with E-state index in [1.807, 2.05) is 12.1 Å². The van der Waals surface area contributed by atoms with Crippen LogP contribution in [0.3, 0.4) is 0 Å². The lowest BCUT2D eigenvalue weighted by molar-refractivity contribution is -0.537. The summed E-state index contributed by atoms with van der Waals surface area (Å²) in [6, 6.07) is 29.7. The second-order valence-electron chi connectivity index (χ2n) is 9.29. The van der Waals surface area contributed by atoms with Crippen LogP contribution in [0.2, 0.25) is 0 Å². The van der Waals surface area contributed by atoms with E-state index in [0.717, 1.165) is 61.5 Å². The minimum absolute atomic E-state index is 0.820. The summed E-state index contributed by atoms with van der Waals surface area (Å²) in [4.78, 5) is 4.22. The molecular formula is C31H32N3O2+. The molecule has 5 rings (SSSR count). The lowest BCUT2D eigenvalue weighted by Crippen LogP contribution is -2.33. The predicted octanol–water partition coefficient (Wildman–Crippen LogP) is 6.09. The summed E-state index contributed by atoms with van der Waals surface area (Å²) in [5, 5.41) is 2.09. The van der Waals surface area contributed by atoms with Crippen molar-refractivity contribution in [3.05, 3.63) is 84.9 Å². The topological polar surface area (TPSA) is 28.8 Å². The van der Waals surface area contributed by atoms with Crippen molar-refractivity contribution in [3.63, 3.8) is 0 Å². The molecule has 5 nitrogen and oxygen atoms in total. The zero-order valence-electron chi connectivity index (χ0n) is 21.7. The third-order valence-corrected chi connectivity index (χ3v) is 6.66. The molecule has 0 aliphatic rings. The number of methoxy groups -OCH3 is 2. The monoisotopic (exact) mass is 478 g/mol. The Morgan fingerprint density at radius 3 is 1.44 bits per heavy atom. The van der Waals surface area contributed by atoms with Gasteiger partial charge in [0.25, 0.3) is 0 Å². The minimum atomic E-state index is 0.820. The van der Waals surface area contributed by atoms with Crippen LogP contribution in [0.5, 0.6) is 11.5 Å². The second-order valence-corrected chi connectivity index (χ2v) is 9.29. The van der Waals surface area contributed by atoms with Gasteiger partial charge < -0.3 is 19.3 Å². The standard InChI is InChI=1S/C31H32N3O2/c1-32(2)23-17-25-30(27(19-23)35-5)29(21-13-9-7-10-14-21)31-26(34(25)22-15-11-8-12-16-22)18-24(33(3)4)20-28(31)36-6/h7-20H,1-6H3/q+1. The molecule has 1 heterocycles. The molecule has 0 atom stereocenters. The first kappa shape index (κ1) is 23.5. The Bertz CT molecular complexity index is 1470. The molecule has 4 aromatic carbocycles. The fourth-order valence-corrected chi connectivity index (χ4v) is 4.87. The van der Waals surface area contributed by atoms with Crippen molar-refractivity contribution in [2.24, 2.45) is 0 Å². The van der Waals surface area contributed by atoms with Gasteiger partial charge in [-0.25, -0.2) is 0 Å². The Balaban J connectivity index is 2.14. The van der Waals surface area contributed by atoms with Crippen LogP contribution in [0.15, 0.2) is 84.9 Å². The van der Waals surface area contributed by atoms with E-state index in [-0.39, 0.29) is 0 Å². The van der Waals surface area contributed by atoms with Gasteiger partial charge in [0.1, 0.15) is 11.5 Å².